The zero-order valence-electron chi connectivity index (χ0n) is 13.4. The first kappa shape index (κ1) is 20.1. The summed E-state index contributed by atoms with van der Waals surface area (Å²) in [7, 11) is -4.19. The van der Waals surface area contributed by atoms with Gasteiger partial charge in [-0.05, 0) is 30.3 Å². The predicted molar refractivity (Wildman–Crippen MR) is 101 cm³/mol. The van der Waals surface area contributed by atoms with Crippen molar-refractivity contribution in [2.75, 3.05) is 17.5 Å². The average Bonchev–Trinajstić information content (AvgIpc) is 2.60. The Kier molecular flexibility index (Phi) is 6.52. The maximum absolute atomic E-state index is 13.0. The van der Waals surface area contributed by atoms with E-state index in [1.165, 1.54) is 36.4 Å². The molecular formula is C17H15Cl2NO5S. The van der Waals surface area contributed by atoms with Crippen molar-refractivity contribution in [3.63, 3.8) is 0 Å². The SMILES string of the molecule is C=CCOc1cccc(N(CC(=O)O)S(=O)(=O)c2ccc(Cl)c(Cl)c2)c1. The minimum absolute atomic E-state index is 0.0473. The van der Waals surface area contributed by atoms with Crippen molar-refractivity contribution in [1.29, 1.82) is 0 Å². The zero-order chi connectivity index (χ0) is 19.3. The standard InChI is InChI=1S/C17H15Cl2NO5S/c1-2-8-25-13-5-3-4-12(9-13)20(11-17(21)22)26(23,24)14-6-7-15(18)16(19)10-14/h2-7,9-10H,1,8,11H2,(H,21,22). The van der Waals surface area contributed by atoms with Crippen LogP contribution in [0, 0.1) is 0 Å². The molecule has 0 aliphatic rings. The Morgan fingerprint density at radius 1 is 1.19 bits per heavy atom. The zero-order valence-corrected chi connectivity index (χ0v) is 15.8. The predicted octanol–water partition coefficient (Wildman–Crippen LogP) is 3.84. The van der Waals surface area contributed by atoms with Crippen LogP contribution in [0.3, 0.4) is 0 Å². The third-order valence-corrected chi connectivity index (χ3v) is 5.74. The van der Waals surface area contributed by atoms with E-state index in [2.05, 4.69) is 6.58 Å². The highest BCUT2D eigenvalue weighted by atomic mass is 35.5. The largest absolute Gasteiger partial charge is 0.489 e. The average molecular weight is 416 g/mol. The van der Waals surface area contributed by atoms with Crippen LogP contribution in [0.25, 0.3) is 0 Å². The van der Waals surface area contributed by atoms with Gasteiger partial charge in [0.1, 0.15) is 18.9 Å². The Morgan fingerprint density at radius 3 is 2.54 bits per heavy atom. The molecule has 0 spiro atoms. The maximum Gasteiger partial charge on any atom is 0.324 e. The van der Waals surface area contributed by atoms with Crippen LogP contribution >= 0.6 is 23.2 Å². The van der Waals surface area contributed by atoms with Crippen molar-refractivity contribution in [2.24, 2.45) is 0 Å². The Balaban J connectivity index is 2.51. The molecule has 0 unspecified atom stereocenters. The van der Waals surface area contributed by atoms with Gasteiger partial charge in [-0.15, -0.1) is 0 Å². The van der Waals surface area contributed by atoms with Crippen molar-refractivity contribution < 1.29 is 23.1 Å². The van der Waals surface area contributed by atoms with E-state index >= 15 is 0 Å². The fourth-order valence-corrected chi connectivity index (χ4v) is 3.88. The third kappa shape index (κ3) is 4.69. The molecule has 0 bridgehead atoms. The molecule has 0 heterocycles. The van der Waals surface area contributed by atoms with Crippen LogP contribution in [0.1, 0.15) is 0 Å². The molecule has 2 rings (SSSR count). The first-order valence-electron chi connectivity index (χ1n) is 7.29. The van der Waals surface area contributed by atoms with Crippen molar-refractivity contribution in [3.05, 3.63) is 65.2 Å². The molecular weight excluding hydrogens is 401 g/mol. The van der Waals surface area contributed by atoms with Crippen LogP contribution in [-0.4, -0.2) is 32.6 Å². The Bertz CT molecular complexity index is 931. The third-order valence-electron chi connectivity index (χ3n) is 3.23. The number of sulfonamides is 1. The van der Waals surface area contributed by atoms with Gasteiger partial charge in [0, 0.05) is 6.07 Å². The summed E-state index contributed by atoms with van der Waals surface area (Å²) in [6, 6.07) is 9.85. The second-order valence-corrected chi connectivity index (χ2v) is 7.76. The molecule has 0 saturated carbocycles. The highest BCUT2D eigenvalue weighted by Gasteiger charge is 2.28. The van der Waals surface area contributed by atoms with Gasteiger partial charge in [0.05, 0.1) is 20.6 Å². The summed E-state index contributed by atoms with van der Waals surface area (Å²) in [5.74, 6) is -0.937. The molecule has 2 aromatic rings. The quantitative estimate of drug-likeness (QED) is 0.662. The van der Waals surface area contributed by atoms with Gasteiger partial charge in [0.15, 0.2) is 0 Å². The van der Waals surface area contributed by atoms with Crippen molar-refractivity contribution in [2.45, 2.75) is 4.90 Å². The van der Waals surface area contributed by atoms with Gasteiger partial charge in [-0.25, -0.2) is 8.42 Å². The molecule has 9 heteroatoms. The smallest absolute Gasteiger partial charge is 0.324 e. The van der Waals surface area contributed by atoms with Gasteiger partial charge in [-0.2, -0.15) is 0 Å². The van der Waals surface area contributed by atoms with Gasteiger partial charge in [0.2, 0.25) is 0 Å². The van der Waals surface area contributed by atoms with E-state index in [1.54, 1.807) is 12.1 Å². The molecule has 0 atom stereocenters. The van der Waals surface area contributed by atoms with Crippen molar-refractivity contribution in [3.8, 4) is 5.75 Å². The van der Waals surface area contributed by atoms with Crippen LogP contribution < -0.4 is 9.04 Å². The van der Waals surface area contributed by atoms with Crippen LogP contribution in [0.5, 0.6) is 5.75 Å². The number of halogens is 2. The Hall–Kier alpha value is -2.22. The molecule has 1 N–H and O–H groups in total. The van der Waals surface area contributed by atoms with Gasteiger partial charge < -0.3 is 9.84 Å². The van der Waals surface area contributed by atoms with E-state index in [0.717, 1.165) is 4.31 Å². The van der Waals surface area contributed by atoms with E-state index in [9.17, 15) is 13.2 Å². The fraction of sp³-hybridized carbons (Fsp3) is 0.118. The van der Waals surface area contributed by atoms with E-state index in [1.807, 2.05) is 0 Å². The summed E-state index contributed by atoms with van der Waals surface area (Å²) in [6.07, 6.45) is 1.54. The molecule has 0 radical (unpaired) electrons. The van der Waals surface area contributed by atoms with Crippen molar-refractivity contribution >= 4 is 44.9 Å². The van der Waals surface area contributed by atoms with E-state index in [-0.39, 0.29) is 27.2 Å². The number of carboxylic acids is 1. The Morgan fingerprint density at radius 2 is 1.92 bits per heavy atom. The number of hydrogen-bond acceptors (Lipinski definition) is 4. The summed E-state index contributed by atoms with van der Waals surface area (Å²) in [5.41, 5.74) is 0.139. The number of carbonyl (C=O) groups is 1. The lowest BCUT2D eigenvalue weighted by Crippen LogP contribution is -2.35. The van der Waals surface area contributed by atoms with Crippen LogP contribution in [-0.2, 0) is 14.8 Å². The summed E-state index contributed by atoms with van der Waals surface area (Å²) >= 11 is 11.7. The topological polar surface area (TPSA) is 83.9 Å². The van der Waals surface area contributed by atoms with Crippen molar-refractivity contribution in [1.82, 2.24) is 0 Å². The van der Waals surface area contributed by atoms with Crippen LogP contribution in [0.15, 0.2) is 60.0 Å². The molecule has 138 valence electrons. The maximum atomic E-state index is 13.0. The summed E-state index contributed by atoms with van der Waals surface area (Å²) in [5, 5.41) is 9.40. The summed E-state index contributed by atoms with van der Waals surface area (Å²) < 4.78 is 32.1. The van der Waals surface area contributed by atoms with E-state index in [0.29, 0.717) is 5.75 Å². The van der Waals surface area contributed by atoms with Crippen LogP contribution in [0.2, 0.25) is 10.0 Å². The second-order valence-electron chi connectivity index (χ2n) is 5.08. The van der Waals surface area contributed by atoms with E-state index in [4.69, 9.17) is 33.0 Å². The Labute approximate surface area is 161 Å². The second kappa shape index (κ2) is 8.44. The minimum atomic E-state index is -4.19. The summed E-state index contributed by atoms with van der Waals surface area (Å²) in [4.78, 5) is 11.1. The van der Waals surface area contributed by atoms with Gasteiger partial charge in [-0.3, -0.25) is 9.10 Å². The number of hydrogen-bond donors (Lipinski definition) is 1. The lowest BCUT2D eigenvalue weighted by molar-refractivity contribution is -0.135. The molecule has 26 heavy (non-hydrogen) atoms. The van der Waals surface area contributed by atoms with Gasteiger partial charge in [0.25, 0.3) is 10.0 Å². The monoisotopic (exact) mass is 415 g/mol. The number of nitrogens with zero attached hydrogens (tertiary/aromatic N) is 1. The molecule has 0 aliphatic carbocycles. The number of ether oxygens (including phenoxy) is 1. The van der Waals surface area contributed by atoms with Crippen LogP contribution in [0.4, 0.5) is 5.69 Å². The molecule has 6 nitrogen and oxygen atoms in total. The molecule has 0 aliphatic heterocycles. The molecule has 0 amide bonds. The van der Waals surface area contributed by atoms with E-state index < -0.39 is 22.5 Å². The molecule has 0 fully saturated rings. The molecule has 0 saturated heterocycles. The fourth-order valence-electron chi connectivity index (χ4n) is 2.09. The molecule has 2 aromatic carbocycles. The normalized spacial score (nSPS) is 11.0. The number of anilines is 1. The first-order valence-corrected chi connectivity index (χ1v) is 9.48. The number of benzene rings is 2. The lowest BCUT2D eigenvalue weighted by atomic mass is 10.3. The van der Waals surface area contributed by atoms with Gasteiger partial charge in [-0.1, -0.05) is 41.9 Å². The molecule has 0 aromatic heterocycles. The van der Waals surface area contributed by atoms with Gasteiger partial charge >= 0.3 is 5.97 Å². The highest BCUT2D eigenvalue weighted by Crippen LogP contribution is 2.30. The minimum Gasteiger partial charge on any atom is -0.489 e. The highest BCUT2D eigenvalue weighted by molar-refractivity contribution is 7.92. The lowest BCUT2D eigenvalue weighted by Gasteiger charge is -2.23. The number of carboxylic acid groups (broad SMARTS) is 1. The number of aliphatic carboxylic acids is 1. The first-order chi connectivity index (χ1) is 12.3. The number of rotatable bonds is 8. The summed E-state index contributed by atoms with van der Waals surface area (Å²) in [6.45, 7) is 2.99.